The maximum atomic E-state index is 5.81. The van der Waals surface area contributed by atoms with Crippen molar-refractivity contribution in [3.63, 3.8) is 0 Å². The molecule has 0 aliphatic carbocycles. The van der Waals surface area contributed by atoms with Crippen molar-refractivity contribution in [3.05, 3.63) is 29.3 Å². The molecule has 0 fully saturated rings. The van der Waals surface area contributed by atoms with Gasteiger partial charge in [0.2, 0.25) is 0 Å². The molecule has 0 aromatic heterocycles. The first kappa shape index (κ1) is 15.0. The number of aryl methyl sites for hydroxylation is 2. The number of rotatable bonds is 8. The molecule has 0 bridgehead atoms. The maximum absolute atomic E-state index is 5.81. The molecule has 2 nitrogen and oxygen atoms in total. The van der Waals surface area contributed by atoms with Crippen LogP contribution in [0.5, 0.6) is 0 Å². The summed E-state index contributed by atoms with van der Waals surface area (Å²) in [6.45, 7) is 7.15. The van der Waals surface area contributed by atoms with Crippen LogP contribution in [0.1, 0.15) is 50.7 Å². The highest BCUT2D eigenvalue weighted by molar-refractivity contribution is 5.47. The second kappa shape index (κ2) is 8.15. The molecule has 0 saturated heterocycles. The fourth-order valence-electron chi connectivity index (χ4n) is 2.00. The SMILES string of the molecule is Cc1cc(CCCCCCOC(C)C)ccc1N. The lowest BCUT2D eigenvalue weighted by atomic mass is 10.0. The molecule has 2 heteroatoms. The first-order valence-electron chi connectivity index (χ1n) is 7.06. The summed E-state index contributed by atoms with van der Waals surface area (Å²) < 4.78 is 5.52. The van der Waals surface area contributed by atoms with E-state index in [1.54, 1.807) is 0 Å². The van der Waals surface area contributed by atoms with Crippen LogP contribution in [0, 0.1) is 6.92 Å². The van der Waals surface area contributed by atoms with Gasteiger partial charge in [0.05, 0.1) is 6.10 Å². The van der Waals surface area contributed by atoms with Crippen LogP contribution in [0.15, 0.2) is 18.2 Å². The summed E-state index contributed by atoms with van der Waals surface area (Å²) in [7, 11) is 0. The van der Waals surface area contributed by atoms with Crippen LogP contribution in [-0.4, -0.2) is 12.7 Å². The summed E-state index contributed by atoms with van der Waals surface area (Å²) in [6.07, 6.45) is 6.50. The molecular weight excluding hydrogens is 222 g/mol. The first-order valence-corrected chi connectivity index (χ1v) is 7.06. The van der Waals surface area contributed by atoms with Gasteiger partial charge in [0.25, 0.3) is 0 Å². The van der Waals surface area contributed by atoms with Crippen LogP contribution in [0.25, 0.3) is 0 Å². The predicted octanol–water partition coefficient (Wildman–Crippen LogP) is 4.11. The van der Waals surface area contributed by atoms with Gasteiger partial charge in [-0.3, -0.25) is 0 Å². The molecule has 0 aliphatic heterocycles. The predicted molar refractivity (Wildman–Crippen MR) is 78.9 cm³/mol. The fraction of sp³-hybridized carbons (Fsp3) is 0.625. The van der Waals surface area contributed by atoms with Crippen molar-refractivity contribution in [3.8, 4) is 0 Å². The summed E-state index contributed by atoms with van der Waals surface area (Å²) in [6, 6.07) is 6.36. The highest BCUT2D eigenvalue weighted by Crippen LogP contribution is 2.15. The molecule has 0 saturated carbocycles. The highest BCUT2D eigenvalue weighted by atomic mass is 16.5. The number of hydrogen-bond donors (Lipinski definition) is 1. The van der Waals surface area contributed by atoms with Crippen molar-refractivity contribution in [1.82, 2.24) is 0 Å². The molecule has 1 rings (SSSR count). The molecule has 0 heterocycles. The summed E-state index contributed by atoms with van der Waals surface area (Å²) in [5.41, 5.74) is 9.30. The number of benzene rings is 1. The first-order chi connectivity index (χ1) is 8.59. The van der Waals surface area contributed by atoms with Gasteiger partial charge in [-0.2, -0.15) is 0 Å². The van der Waals surface area contributed by atoms with Gasteiger partial charge < -0.3 is 10.5 Å². The number of nitrogens with two attached hydrogens (primary N) is 1. The van der Waals surface area contributed by atoms with E-state index in [1.165, 1.54) is 36.8 Å². The van der Waals surface area contributed by atoms with Gasteiger partial charge in [0, 0.05) is 12.3 Å². The quantitative estimate of drug-likeness (QED) is 0.556. The van der Waals surface area contributed by atoms with Crippen molar-refractivity contribution < 1.29 is 4.74 Å². The largest absolute Gasteiger partial charge is 0.399 e. The van der Waals surface area contributed by atoms with Crippen LogP contribution in [0.4, 0.5) is 5.69 Å². The second-order valence-electron chi connectivity index (χ2n) is 5.27. The molecule has 0 amide bonds. The number of nitrogen functional groups attached to an aromatic ring is 1. The molecule has 0 radical (unpaired) electrons. The molecule has 1 aromatic carbocycles. The Labute approximate surface area is 112 Å². The van der Waals surface area contributed by atoms with Gasteiger partial charge in [-0.25, -0.2) is 0 Å². The van der Waals surface area contributed by atoms with E-state index >= 15 is 0 Å². The van der Waals surface area contributed by atoms with Crippen LogP contribution in [0.2, 0.25) is 0 Å². The lowest BCUT2D eigenvalue weighted by Gasteiger charge is -2.07. The Balaban J connectivity index is 2.09. The van der Waals surface area contributed by atoms with E-state index in [0.29, 0.717) is 6.10 Å². The van der Waals surface area contributed by atoms with Crippen molar-refractivity contribution in [2.75, 3.05) is 12.3 Å². The van der Waals surface area contributed by atoms with Gasteiger partial charge in [-0.05, 0) is 57.2 Å². The lowest BCUT2D eigenvalue weighted by Crippen LogP contribution is -2.03. The Morgan fingerprint density at radius 3 is 2.50 bits per heavy atom. The average molecular weight is 249 g/mol. The van der Waals surface area contributed by atoms with E-state index in [9.17, 15) is 0 Å². The zero-order valence-corrected chi connectivity index (χ0v) is 12.0. The van der Waals surface area contributed by atoms with Gasteiger partial charge in [-0.1, -0.05) is 25.0 Å². The van der Waals surface area contributed by atoms with Crippen LogP contribution >= 0.6 is 0 Å². The third kappa shape index (κ3) is 6.06. The number of unbranched alkanes of at least 4 members (excludes halogenated alkanes) is 3. The van der Waals surface area contributed by atoms with E-state index < -0.39 is 0 Å². The standard InChI is InChI=1S/C16H27NO/c1-13(2)18-11-7-5-4-6-8-15-9-10-16(17)14(3)12-15/h9-10,12-13H,4-8,11,17H2,1-3H3. The molecule has 0 unspecified atom stereocenters. The molecule has 0 aliphatic rings. The van der Waals surface area contributed by atoms with Crippen LogP contribution in [0.3, 0.4) is 0 Å². The third-order valence-electron chi connectivity index (χ3n) is 3.15. The highest BCUT2D eigenvalue weighted by Gasteiger charge is 1.98. The average Bonchev–Trinajstić information content (AvgIpc) is 2.32. The monoisotopic (exact) mass is 249 g/mol. The topological polar surface area (TPSA) is 35.2 Å². The minimum absolute atomic E-state index is 0.364. The normalized spacial score (nSPS) is 11.1. The van der Waals surface area contributed by atoms with Gasteiger partial charge in [-0.15, -0.1) is 0 Å². The van der Waals surface area contributed by atoms with Gasteiger partial charge >= 0.3 is 0 Å². The van der Waals surface area contributed by atoms with E-state index in [0.717, 1.165) is 18.7 Å². The second-order valence-corrected chi connectivity index (χ2v) is 5.27. The van der Waals surface area contributed by atoms with E-state index in [4.69, 9.17) is 10.5 Å². The Kier molecular flexibility index (Phi) is 6.81. The minimum atomic E-state index is 0.364. The molecular formula is C16H27NO. The van der Waals surface area contributed by atoms with E-state index in [1.807, 2.05) is 6.07 Å². The van der Waals surface area contributed by atoms with Crippen LogP contribution < -0.4 is 5.73 Å². The van der Waals surface area contributed by atoms with E-state index in [2.05, 4.69) is 32.9 Å². The van der Waals surface area contributed by atoms with Crippen molar-refractivity contribution in [2.45, 2.75) is 59.0 Å². The summed E-state index contributed by atoms with van der Waals surface area (Å²) in [5, 5.41) is 0. The Morgan fingerprint density at radius 2 is 1.83 bits per heavy atom. The Bertz CT molecular complexity index is 347. The summed E-state index contributed by atoms with van der Waals surface area (Å²) >= 11 is 0. The molecule has 0 atom stereocenters. The summed E-state index contributed by atoms with van der Waals surface area (Å²) in [4.78, 5) is 0. The molecule has 1 aromatic rings. The van der Waals surface area contributed by atoms with Crippen molar-refractivity contribution in [2.24, 2.45) is 0 Å². The smallest absolute Gasteiger partial charge is 0.0518 e. The number of hydrogen-bond acceptors (Lipinski definition) is 2. The summed E-state index contributed by atoms with van der Waals surface area (Å²) in [5.74, 6) is 0. The molecule has 0 spiro atoms. The van der Waals surface area contributed by atoms with Gasteiger partial charge in [0.15, 0.2) is 0 Å². The van der Waals surface area contributed by atoms with Gasteiger partial charge in [0.1, 0.15) is 0 Å². The van der Waals surface area contributed by atoms with E-state index in [-0.39, 0.29) is 0 Å². The molecule has 2 N–H and O–H groups in total. The fourth-order valence-corrected chi connectivity index (χ4v) is 2.00. The lowest BCUT2D eigenvalue weighted by molar-refractivity contribution is 0.0757. The number of anilines is 1. The molecule has 102 valence electrons. The third-order valence-corrected chi connectivity index (χ3v) is 3.15. The minimum Gasteiger partial charge on any atom is -0.399 e. The number of ether oxygens (including phenoxy) is 1. The van der Waals surface area contributed by atoms with Crippen molar-refractivity contribution >= 4 is 5.69 Å². The Morgan fingerprint density at radius 1 is 1.11 bits per heavy atom. The van der Waals surface area contributed by atoms with Crippen LogP contribution in [-0.2, 0) is 11.2 Å². The zero-order chi connectivity index (χ0) is 13.4. The van der Waals surface area contributed by atoms with Crippen molar-refractivity contribution in [1.29, 1.82) is 0 Å². The maximum Gasteiger partial charge on any atom is 0.0518 e. The Hall–Kier alpha value is -1.02. The zero-order valence-electron chi connectivity index (χ0n) is 12.0. The molecule has 18 heavy (non-hydrogen) atoms.